The van der Waals surface area contributed by atoms with E-state index >= 15 is 0 Å². The number of hydrogen-bond donors (Lipinski definition) is 1. The number of anilines is 2. The van der Waals surface area contributed by atoms with Crippen LogP contribution >= 0.6 is 15.9 Å². The van der Waals surface area contributed by atoms with Gasteiger partial charge in [0.1, 0.15) is 0 Å². The second-order valence-corrected chi connectivity index (χ2v) is 5.76. The van der Waals surface area contributed by atoms with E-state index in [0.29, 0.717) is 0 Å². The van der Waals surface area contributed by atoms with Crippen molar-refractivity contribution in [2.75, 3.05) is 5.32 Å². The van der Waals surface area contributed by atoms with Crippen LogP contribution in [0.4, 0.5) is 11.4 Å². The van der Waals surface area contributed by atoms with Gasteiger partial charge in [-0.1, -0.05) is 60.8 Å². The molecule has 3 rings (SSSR count). The third-order valence-corrected chi connectivity index (χ3v) is 4.00. The Bertz CT molecular complexity index is 851. The number of halogens is 1. The second-order valence-electron chi connectivity index (χ2n) is 4.84. The van der Waals surface area contributed by atoms with Crippen LogP contribution in [0.3, 0.4) is 0 Å². The molecule has 0 saturated heterocycles. The van der Waals surface area contributed by atoms with Gasteiger partial charge >= 0.3 is 0 Å². The lowest BCUT2D eigenvalue weighted by atomic mass is 10.0. The molecule has 0 aliphatic rings. The molecule has 2 nitrogen and oxygen atoms in total. The van der Waals surface area contributed by atoms with Crippen molar-refractivity contribution in [3.63, 3.8) is 0 Å². The number of fused-ring (bicyclic) bond motifs is 1. The van der Waals surface area contributed by atoms with Gasteiger partial charge in [-0.05, 0) is 36.4 Å². The lowest BCUT2D eigenvalue weighted by Crippen LogP contribution is -1.99. The fraction of sp³-hybridized carbons (Fsp3) is 0.0500. The van der Waals surface area contributed by atoms with Gasteiger partial charge in [0.2, 0.25) is 0 Å². The number of rotatable bonds is 4. The monoisotopic (exact) mass is 366 g/mol. The topological polar surface area (TPSA) is 24.9 Å². The Morgan fingerprint density at radius 2 is 1.65 bits per heavy atom. The minimum absolute atomic E-state index is 0. The van der Waals surface area contributed by atoms with E-state index in [1.807, 2.05) is 48.5 Å². The summed E-state index contributed by atoms with van der Waals surface area (Å²) in [6.45, 7) is 7.79. The summed E-state index contributed by atoms with van der Waals surface area (Å²) in [6, 6.07) is 16.1. The molecule has 1 N–H and O–H groups in total. The highest BCUT2D eigenvalue weighted by Crippen LogP contribution is 2.32. The molecule has 0 saturated carbocycles. The van der Waals surface area contributed by atoms with Crippen LogP contribution in [-0.2, 0) is 0 Å². The van der Waals surface area contributed by atoms with Crippen LogP contribution in [-0.4, -0.2) is 4.98 Å². The third kappa shape index (κ3) is 3.35. The van der Waals surface area contributed by atoms with E-state index in [1.54, 1.807) is 6.08 Å². The molecule has 0 spiro atoms. The Labute approximate surface area is 145 Å². The van der Waals surface area contributed by atoms with Gasteiger partial charge in [0.15, 0.2) is 0 Å². The molecule has 0 radical (unpaired) electrons. The molecule has 0 amide bonds. The zero-order chi connectivity index (χ0) is 15.5. The summed E-state index contributed by atoms with van der Waals surface area (Å²) in [5.41, 5.74) is 4.73. The largest absolute Gasteiger partial charge is 0.354 e. The SMILES string of the molecule is C.C=Cc1nc2ccccc2c(Nc2ccc(Br)cc2)c1C=C. The van der Waals surface area contributed by atoms with Gasteiger partial charge in [-0.2, -0.15) is 0 Å². The molecule has 0 aliphatic carbocycles. The maximum atomic E-state index is 4.64. The molecule has 1 heterocycles. The van der Waals surface area contributed by atoms with Crippen LogP contribution in [0, 0.1) is 0 Å². The van der Waals surface area contributed by atoms with E-state index in [2.05, 4.69) is 45.5 Å². The Morgan fingerprint density at radius 1 is 0.957 bits per heavy atom. The Balaban J connectivity index is 0.00000192. The van der Waals surface area contributed by atoms with Crippen molar-refractivity contribution in [3.05, 3.63) is 77.4 Å². The fourth-order valence-electron chi connectivity index (χ4n) is 2.42. The standard InChI is InChI=1S/C19H15BrN2.CH4/c1-3-15-17(4-2)22-18-8-6-5-7-16(18)19(15)21-14-11-9-13(20)10-12-14;/h3-12H,1-2H2,(H,21,22);1H4. The molecule has 3 aromatic rings. The van der Waals surface area contributed by atoms with E-state index < -0.39 is 0 Å². The van der Waals surface area contributed by atoms with Crippen molar-refractivity contribution >= 4 is 50.4 Å². The first-order valence-electron chi connectivity index (χ1n) is 6.93. The van der Waals surface area contributed by atoms with E-state index in [4.69, 9.17) is 0 Å². The quantitative estimate of drug-likeness (QED) is 0.557. The van der Waals surface area contributed by atoms with Crippen molar-refractivity contribution in [1.82, 2.24) is 4.98 Å². The summed E-state index contributed by atoms with van der Waals surface area (Å²) in [5, 5.41) is 4.55. The maximum absolute atomic E-state index is 4.64. The number of benzene rings is 2. The molecule has 0 atom stereocenters. The smallest absolute Gasteiger partial charge is 0.0730 e. The van der Waals surface area contributed by atoms with Crippen LogP contribution in [0.15, 0.2) is 66.2 Å². The number of nitrogens with zero attached hydrogens (tertiary/aromatic N) is 1. The van der Waals surface area contributed by atoms with Gasteiger partial charge in [-0.3, -0.25) is 0 Å². The van der Waals surface area contributed by atoms with Crippen molar-refractivity contribution in [1.29, 1.82) is 0 Å². The second kappa shape index (κ2) is 7.25. The van der Waals surface area contributed by atoms with Gasteiger partial charge in [0, 0.05) is 21.1 Å². The third-order valence-electron chi connectivity index (χ3n) is 3.47. The van der Waals surface area contributed by atoms with E-state index in [-0.39, 0.29) is 7.43 Å². The molecule has 2 aromatic carbocycles. The van der Waals surface area contributed by atoms with E-state index in [9.17, 15) is 0 Å². The lowest BCUT2D eigenvalue weighted by Gasteiger charge is -2.15. The van der Waals surface area contributed by atoms with E-state index in [1.165, 1.54) is 0 Å². The molecule has 0 aliphatic heterocycles. The first-order valence-corrected chi connectivity index (χ1v) is 7.72. The molecule has 1 aromatic heterocycles. The summed E-state index contributed by atoms with van der Waals surface area (Å²) < 4.78 is 1.05. The average Bonchev–Trinajstić information content (AvgIpc) is 2.56. The van der Waals surface area contributed by atoms with Crippen molar-refractivity contribution in [2.45, 2.75) is 7.43 Å². The Morgan fingerprint density at radius 3 is 2.30 bits per heavy atom. The van der Waals surface area contributed by atoms with Gasteiger partial charge in [-0.15, -0.1) is 0 Å². The summed E-state index contributed by atoms with van der Waals surface area (Å²) in [6.07, 6.45) is 3.58. The zero-order valence-electron chi connectivity index (χ0n) is 12.0. The van der Waals surface area contributed by atoms with Gasteiger partial charge in [0.25, 0.3) is 0 Å². The lowest BCUT2D eigenvalue weighted by molar-refractivity contribution is 1.35. The highest BCUT2D eigenvalue weighted by molar-refractivity contribution is 9.10. The molecule has 0 bridgehead atoms. The summed E-state index contributed by atoms with van der Waals surface area (Å²) in [7, 11) is 0. The van der Waals surface area contributed by atoms with Crippen LogP contribution < -0.4 is 5.32 Å². The zero-order valence-corrected chi connectivity index (χ0v) is 13.6. The minimum Gasteiger partial charge on any atom is -0.354 e. The first-order chi connectivity index (χ1) is 10.7. The van der Waals surface area contributed by atoms with Gasteiger partial charge in [-0.25, -0.2) is 4.98 Å². The number of pyridine rings is 1. The highest BCUT2D eigenvalue weighted by atomic mass is 79.9. The number of hydrogen-bond acceptors (Lipinski definition) is 2. The highest BCUT2D eigenvalue weighted by Gasteiger charge is 2.11. The molecule has 3 heteroatoms. The summed E-state index contributed by atoms with van der Waals surface area (Å²) >= 11 is 3.45. The Kier molecular flexibility index (Phi) is 5.35. The van der Waals surface area contributed by atoms with Crippen molar-refractivity contribution in [3.8, 4) is 0 Å². The Hall–Kier alpha value is -2.39. The van der Waals surface area contributed by atoms with E-state index in [0.717, 1.165) is 38.0 Å². The van der Waals surface area contributed by atoms with Crippen LogP contribution in [0.5, 0.6) is 0 Å². The molecular weight excluding hydrogens is 348 g/mol. The van der Waals surface area contributed by atoms with Crippen LogP contribution in [0.1, 0.15) is 18.7 Å². The predicted octanol–water partition coefficient (Wildman–Crippen LogP) is 6.66. The average molecular weight is 367 g/mol. The number of aromatic nitrogens is 1. The molecule has 0 unspecified atom stereocenters. The molecule has 0 fully saturated rings. The van der Waals surface area contributed by atoms with Crippen molar-refractivity contribution < 1.29 is 0 Å². The first kappa shape index (κ1) is 17.0. The normalized spacial score (nSPS) is 9.96. The number of nitrogens with one attached hydrogen (secondary N) is 1. The van der Waals surface area contributed by atoms with Gasteiger partial charge < -0.3 is 5.32 Å². The molecule has 23 heavy (non-hydrogen) atoms. The van der Waals surface area contributed by atoms with Gasteiger partial charge in [0.05, 0.1) is 16.9 Å². The molecule has 116 valence electrons. The van der Waals surface area contributed by atoms with Crippen LogP contribution in [0.2, 0.25) is 0 Å². The summed E-state index contributed by atoms with van der Waals surface area (Å²) in [4.78, 5) is 4.64. The fourth-order valence-corrected chi connectivity index (χ4v) is 2.68. The maximum Gasteiger partial charge on any atom is 0.0730 e. The molecular formula is C20H19BrN2. The number of para-hydroxylation sites is 1. The minimum atomic E-state index is 0. The predicted molar refractivity (Wildman–Crippen MR) is 106 cm³/mol. The summed E-state index contributed by atoms with van der Waals surface area (Å²) in [5.74, 6) is 0. The van der Waals surface area contributed by atoms with Crippen LogP contribution in [0.25, 0.3) is 23.1 Å². The van der Waals surface area contributed by atoms with Crippen molar-refractivity contribution in [2.24, 2.45) is 0 Å².